The molecular weight excluding hydrogens is 446 g/mol. The van der Waals surface area contributed by atoms with Crippen molar-refractivity contribution in [3.63, 3.8) is 0 Å². The van der Waals surface area contributed by atoms with Crippen LogP contribution in [0.3, 0.4) is 0 Å². The molecule has 1 aliphatic heterocycles. The monoisotopic (exact) mass is 475 g/mol. The normalized spacial score (nSPS) is 16.1. The fraction of sp³-hybridized carbons (Fsp3) is 0.296. The number of carbonyl (C=O) groups excluding carboxylic acids is 2. The first kappa shape index (κ1) is 23.7. The molecule has 3 aromatic rings. The fourth-order valence-electron chi connectivity index (χ4n) is 4.07. The molecule has 4 rings (SSSR count). The van der Waals surface area contributed by atoms with Crippen molar-refractivity contribution in [3.05, 3.63) is 88.1 Å². The van der Waals surface area contributed by atoms with Gasteiger partial charge in [0.05, 0.1) is 24.9 Å². The third kappa shape index (κ3) is 5.20. The van der Waals surface area contributed by atoms with Gasteiger partial charge in [-0.1, -0.05) is 48.5 Å². The van der Waals surface area contributed by atoms with Gasteiger partial charge in [-0.05, 0) is 41.6 Å². The first-order valence-corrected chi connectivity index (χ1v) is 12.2. The highest BCUT2D eigenvalue weighted by molar-refractivity contribution is 7.10. The summed E-state index contributed by atoms with van der Waals surface area (Å²) in [6.45, 7) is 2.00. The highest BCUT2D eigenvalue weighted by atomic mass is 32.1. The third-order valence-electron chi connectivity index (χ3n) is 6.26. The van der Waals surface area contributed by atoms with Crippen LogP contribution in [0, 0.1) is 0 Å². The van der Waals surface area contributed by atoms with Crippen LogP contribution in [0.5, 0.6) is 5.75 Å². The summed E-state index contributed by atoms with van der Waals surface area (Å²) in [7, 11) is 3.42. The lowest BCUT2D eigenvalue weighted by Crippen LogP contribution is -2.32. The van der Waals surface area contributed by atoms with E-state index >= 15 is 0 Å². The van der Waals surface area contributed by atoms with Crippen molar-refractivity contribution in [3.8, 4) is 5.75 Å². The molecule has 176 valence electrons. The van der Waals surface area contributed by atoms with E-state index in [2.05, 4.69) is 0 Å². The van der Waals surface area contributed by atoms with Gasteiger partial charge >= 0.3 is 0 Å². The first-order valence-electron chi connectivity index (χ1n) is 11.4. The molecule has 1 aliphatic rings. The van der Waals surface area contributed by atoms with Gasteiger partial charge in [0.2, 0.25) is 11.8 Å². The molecule has 2 atom stereocenters. The van der Waals surface area contributed by atoms with E-state index in [-0.39, 0.29) is 36.7 Å². The molecule has 2 amide bonds. The van der Waals surface area contributed by atoms with Gasteiger partial charge in [0.1, 0.15) is 5.75 Å². The zero-order valence-corrected chi connectivity index (χ0v) is 20.5. The van der Waals surface area contributed by atoms with Gasteiger partial charge in [0, 0.05) is 31.2 Å². The summed E-state index contributed by atoms with van der Waals surface area (Å²) >= 11 is 1.62. The Morgan fingerprint density at radius 2 is 1.82 bits per heavy atom. The Balaban J connectivity index is 1.48. The number of thiophene rings is 1. The molecule has 0 fully saturated rings. The Morgan fingerprint density at radius 1 is 1.09 bits per heavy atom. The molecule has 0 radical (unpaired) electrons. The lowest BCUT2D eigenvalue weighted by Gasteiger charge is -2.25. The Kier molecular flexibility index (Phi) is 7.43. The van der Waals surface area contributed by atoms with Crippen molar-refractivity contribution in [2.24, 2.45) is 5.10 Å². The number of hydrogen-bond acceptors (Lipinski definition) is 5. The molecule has 1 aromatic heterocycles. The van der Waals surface area contributed by atoms with E-state index in [0.717, 1.165) is 27.5 Å². The lowest BCUT2D eigenvalue weighted by molar-refractivity contribution is -0.138. The number of hydrogen-bond donors (Lipinski definition) is 0. The van der Waals surface area contributed by atoms with E-state index in [9.17, 15) is 9.59 Å². The van der Waals surface area contributed by atoms with Gasteiger partial charge in [-0.2, -0.15) is 5.10 Å². The quantitative estimate of drug-likeness (QED) is 0.436. The van der Waals surface area contributed by atoms with Crippen LogP contribution in [0.4, 0.5) is 0 Å². The largest absolute Gasteiger partial charge is 0.497 e. The van der Waals surface area contributed by atoms with Crippen molar-refractivity contribution in [1.82, 2.24) is 9.91 Å². The minimum absolute atomic E-state index is 0.0239. The SMILES string of the molecule is COc1ccc(C2CC(c3ccccc3)=NN2C(=O)CCC(=O)N(C)C(C)c2cccs2)cc1. The molecule has 6 nitrogen and oxygen atoms in total. The minimum atomic E-state index is -0.216. The molecule has 0 bridgehead atoms. The van der Waals surface area contributed by atoms with E-state index in [4.69, 9.17) is 9.84 Å². The van der Waals surface area contributed by atoms with E-state index in [0.29, 0.717) is 6.42 Å². The summed E-state index contributed by atoms with van der Waals surface area (Å²) in [4.78, 5) is 28.9. The van der Waals surface area contributed by atoms with Crippen LogP contribution in [0.25, 0.3) is 0 Å². The van der Waals surface area contributed by atoms with Crippen LogP contribution in [-0.2, 0) is 9.59 Å². The second kappa shape index (κ2) is 10.7. The van der Waals surface area contributed by atoms with E-state index in [1.807, 2.05) is 79.0 Å². The van der Waals surface area contributed by atoms with Crippen molar-refractivity contribution in [1.29, 1.82) is 0 Å². The maximum Gasteiger partial charge on any atom is 0.243 e. The lowest BCUT2D eigenvalue weighted by atomic mass is 9.98. The predicted molar refractivity (Wildman–Crippen MR) is 135 cm³/mol. The molecule has 2 heterocycles. The highest BCUT2D eigenvalue weighted by Gasteiger charge is 2.33. The topological polar surface area (TPSA) is 62.2 Å². The summed E-state index contributed by atoms with van der Waals surface area (Å²) in [6, 6.07) is 21.4. The van der Waals surface area contributed by atoms with E-state index in [1.54, 1.807) is 35.4 Å². The van der Waals surface area contributed by atoms with E-state index in [1.165, 1.54) is 0 Å². The molecule has 0 N–H and O–H groups in total. The predicted octanol–water partition coefficient (Wildman–Crippen LogP) is 5.43. The number of benzene rings is 2. The molecule has 2 unspecified atom stereocenters. The Bertz CT molecular complexity index is 1140. The number of carbonyl (C=O) groups is 2. The number of nitrogens with zero attached hydrogens (tertiary/aromatic N) is 3. The van der Waals surface area contributed by atoms with Gasteiger partial charge in [0.25, 0.3) is 0 Å². The zero-order chi connectivity index (χ0) is 24.1. The Morgan fingerprint density at radius 3 is 2.47 bits per heavy atom. The molecular formula is C27H29N3O3S. The summed E-state index contributed by atoms with van der Waals surface area (Å²) in [6.07, 6.45) is 0.872. The van der Waals surface area contributed by atoms with Crippen molar-refractivity contribution < 1.29 is 14.3 Å². The Labute approximate surface area is 204 Å². The fourth-order valence-corrected chi connectivity index (χ4v) is 4.90. The van der Waals surface area contributed by atoms with Crippen LogP contribution in [0.2, 0.25) is 0 Å². The molecule has 7 heteroatoms. The van der Waals surface area contributed by atoms with E-state index < -0.39 is 0 Å². The Hall–Kier alpha value is -3.45. The van der Waals surface area contributed by atoms with Crippen molar-refractivity contribution in [2.45, 2.75) is 38.3 Å². The molecule has 0 saturated heterocycles. The summed E-state index contributed by atoms with van der Waals surface area (Å²) < 4.78 is 5.28. The van der Waals surface area contributed by atoms with Gasteiger partial charge < -0.3 is 9.64 Å². The van der Waals surface area contributed by atoms with Crippen LogP contribution in [0.1, 0.15) is 54.3 Å². The average Bonchev–Trinajstić information content (AvgIpc) is 3.58. The second-order valence-electron chi connectivity index (χ2n) is 8.34. The number of methoxy groups -OCH3 is 1. The maximum atomic E-state index is 13.3. The van der Waals surface area contributed by atoms with Gasteiger partial charge in [-0.3, -0.25) is 9.59 Å². The van der Waals surface area contributed by atoms with Crippen molar-refractivity contribution >= 4 is 28.9 Å². The first-order chi connectivity index (χ1) is 16.5. The maximum absolute atomic E-state index is 13.3. The average molecular weight is 476 g/mol. The van der Waals surface area contributed by atoms with Crippen LogP contribution in [0.15, 0.2) is 77.2 Å². The van der Waals surface area contributed by atoms with Gasteiger partial charge in [-0.25, -0.2) is 5.01 Å². The second-order valence-corrected chi connectivity index (χ2v) is 9.32. The standard InChI is InChI=1S/C27H29N3O3S/c1-19(25-10-7-17-34-25)29(2)26(31)15-16-27(32)30-24(21-11-13-22(33-3)14-12-21)18-23(28-30)20-8-5-4-6-9-20/h4-14,17,19,24H,15-16,18H2,1-3H3. The smallest absolute Gasteiger partial charge is 0.243 e. The van der Waals surface area contributed by atoms with Crippen LogP contribution < -0.4 is 4.74 Å². The van der Waals surface area contributed by atoms with Crippen LogP contribution >= 0.6 is 11.3 Å². The number of ether oxygens (including phenoxy) is 1. The molecule has 34 heavy (non-hydrogen) atoms. The van der Waals surface area contributed by atoms with Gasteiger partial charge in [-0.15, -0.1) is 11.3 Å². The van der Waals surface area contributed by atoms with Crippen LogP contribution in [-0.4, -0.2) is 41.6 Å². The summed E-state index contributed by atoms with van der Waals surface area (Å²) in [5.41, 5.74) is 2.85. The highest BCUT2D eigenvalue weighted by Crippen LogP contribution is 2.34. The third-order valence-corrected chi connectivity index (χ3v) is 7.30. The number of rotatable bonds is 8. The summed E-state index contributed by atoms with van der Waals surface area (Å²) in [5.74, 6) is 0.552. The number of amides is 2. The zero-order valence-electron chi connectivity index (χ0n) is 19.7. The van der Waals surface area contributed by atoms with Crippen molar-refractivity contribution in [2.75, 3.05) is 14.2 Å². The van der Waals surface area contributed by atoms with Gasteiger partial charge in [0.15, 0.2) is 0 Å². The molecule has 0 spiro atoms. The minimum Gasteiger partial charge on any atom is -0.497 e. The molecule has 0 saturated carbocycles. The summed E-state index contributed by atoms with van der Waals surface area (Å²) in [5, 5.41) is 8.26. The molecule has 2 aromatic carbocycles. The molecule has 0 aliphatic carbocycles. The number of hydrazone groups is 1.